The summed E-state index contributed by atoms with van der Waals surface area (Å²) in [7, 11) is 0. The third-order valence-electron chi connectivity index (χ3n) is 4.81. The van der Waals surface area contributed by atoms with Crippen LogP contribution in [0.5, 0.6) is 0 Å². The summed E-state index contributed by atoms with van der Waals surface area (Å²) in [6.07, 6.45) is 1.79. The lowest BCUT2D eigenvalue weighted by Gasteiger charge is -2.10. The van der Waals surface area contributed by atoms with E-state index in [1.165, 1.54) is 10.8 Å². The normalized spacial score (nSPS) is 10.9. The van der Waals surface area contributed by atoms with Gasteiger partial charge in [0, 0.05) is 6.20 Å². The van der Waals surface area contributed by atoms with Crippen molar-refractivity contribution in [2.24, 2.45) is 0 Å². The van der Waals surface area contributed by atoms with Crippen molar-refractivity contribution >= 4 is 26.7 Å². The second-order valence-corrected chi connectivity index (χ2v) is 7.56. The van der Waals surface area contributed by atoms with Crippen molar-refractivity contribution in [3.63, 3.8) is 0 Å². The second kappa shape index (κ2) is 7.57. The van der Waals surface area contributed by atoms with Crippen LogP contribution in [0.25, 0.3) is 44.7 Å². The van der Waals surface area contributed by atoms with Crippen LogP contribution in [0.3, 0.4) is 0 Å². The average molecular weight is 438 g/mol. The van der Waals surface area contributed by atoms with Gasteiger partial charge in [-0.25, -0.2) is 9.97 Å². The predicted octanol–water partition coefficient (Wildman–Crippen LogP) is 6.79. The molecule has 0 aliphatic carbocycles. The molecule has 3 nitrogen and oxygen atoms in total. The Hall–Kier alpha value is -3.37. The summed E-state index contributed by atoms with van der Waals surface area (Å²) >= 11 is 3.46. The first-order valence-corrected chi connectivity index (χ1v) is 10.1. The number of pyridine rings is 3. The number of hydrogen-bond donors (Lipinski definition) is 0. The summed E-state index contributed by atoms with van der Waals surface area (Å²) in [5, 5.41) is 2.44. The zero-order valence-corrected chi connectivity index (χ0v) is 17.0. The molecule has 5 rings (SSSR count). The summed E-state index contributed by atoms with van der Waals surface area (Å²) in [6, 6.07) is 30.8. The largest absolute Gasteiger partial charge is 0.255 e. The molecule has 0 radical (unpaired) electrons. The first kappa shape index (κ1) is 17.7. The first-order valence-electron chi connectivity index (χ1n) is 9.32. The van der Waals surface area contributed by atoms with Crippen LogP contribution in [-0.4, -0.2) is 15.0 Å². The van der Waals surface area contributed by atoms with Crippen LogP contribution in [0, 0.1) is 0 Å². The Labute approximate surface area is 177 Å². The zero-order chi connectivity index (χ0) is 19.6. The maximum atomic E-state index is 4.86. The van der Waals surface area contributed by atoms with Crippen LogP contribution in [-0.2, 0) is 0 Å². The molecule has 0 aliphatic rings. The average Bonchev–Trinajstić information content (AvgIpc) is 2.79. The quantitative estimate of drug-likeness (QED) is 0.291. The molecule has 3 aromatic heterocycles. The molecule has 0 fully saturated rings. The Morgan fingerprint density at radius 3 is 2.07 bits per heavy atom. The molecule has 0 spiro atoms. The lowest BCUT2D eigenvalue weighted by atomic mass is 9.99. The van der Waals surface area contributed by atoms with E-state index in [2.05, 4.69) is 80.5 Å². The molecule has 0 saturated heterocycles. The molecule has 5 aromatic rings. The lowest BCUT2D eigenvalue weighted by Crippen LogP contribution is -1.94. The highest BCUT2D eigenvalue weighted by atomic mass is 79.9. The molecule has 0 N–H and O–H groups in total. The molecule has 2 aromatic carbocycles. The number of aromatic nitrogens is 3. The number of fused-ring (bicyclic) bond motifs is 1. The lowest BCUT2D eigenvalue weighted by molar-refractivity contribution is 1.20. The van der Waals surface area contributed by atoms with Crippen molar-refractivity contribution in [3.8, 4) is 33.9 Å². The number of rotatable bonds is 3. The van der Waals surface area contributed by atoms with Gasteiger partial charge in [0.2, 0.25) is 0 Å². The van der Waals surface area contributed by atoms with Gasteiger partial charge in [0.1, 0.15) is 4.60 Å². The number of nitrogens with zero attached hydrogens (tertiary/aromatic N) is 3. The molecule has 29 heavy (non-hydrogen) atoms. The predicted molar refractivity (Wildman–Crippen MR) is 121 cm³/mol. The topological polar surface area (TPSA) is 38.7 Å². The fourth-order valence-electron chi connectivity index (χ4n) is 3.39. The van der Waals surface area contributed by atoms with E-state index in [4.69, 9.17) is 4.98 Å². The summed E-state index contributed by atoms with van der Waals surface area (Å²) in [5.41, 5.74) is 5.53. The molecule has 0 atom stereocenters. The van der Waals surface area contributed by atoms with Crippen LogP contribution in [0.2, 0.25) is 0 Å². The van der Waals surface area contributed by atoms with Gasteiger partial charge in [-0.3, -0.25) is 4.98 Å². The Kier molecular flexibility index (Phi) is 4.62. The maximum Gasteiger partial charge on any atom is 0.106 e. The summed E-state index contributed by atoms with van der Waals surface area (Å²) in [5.74, 6) is 0. The van der Waals surface area contributed by atoms with Crippen LogP contribution in [0.4, 0.5) is 0 Å². The van der Waals surface area contributed by atoms with Crippen molar-refractivity contribution in [2.45, 2.75) is 0 Å². The molecule has 138 valence electrons. The van der Waals surface area contributed by atoms with E-state index in [0.717, 1.165) is 38.5 Å². The number of benzene rings is 2. The Morgan fingerprint density at radius 1 is 0.517 bits per heavy atom. The third-order valence-corrected chi connectivity index (χ3v) is 5.25. The van der Waals surface area contributed by atoms with Gasteiger partial charge in [-0.15, -0.1) is 0 Å². The molecule has 0 unspecified atom stereocenters. The highest BCUT2D eigenvalue weighted by Crippen LogP contribution is 2.31. The van der Waals surface area contributed by atoms with Gasteiger partial charge in [-0.1, -0.05) is 48.5 Å². The van der Waals surface area contributed by atoms with Crippen molar-refractivity contribution in [2.75, 3.05) is 0 Å². The molecule has 4 heteroatoms. The molecule has 0 saturated carbocycles. The minimum atomic E-state index is 0.785. The molecule has 0 bridgehead atoms. The SMILES string of the molecule is Brc1cccc(-c2cc(-c3ccc4ccccc4c3)cc(-c3ccccn3)n2)n1. The van der Waals surface area contributed by atoms with Crippen LogP contribution < -0.4 is 0 Å². The molecular formula is C25H16BrN3. The molecule has 0 amide bonds. The van der Waals surface area contributed by atoms with E-state index >= 15 is 0 Å². The van der Waals surface area contributed by atoms with E-state index in [1.54, 1.807) is 6.20 Å². The van der Waals surface area contributed by atoms with Gasteiger partial charge in [-0.2, -0.15) is 0 Å². The van der Waals surface area contributed by atoms with Crippen LogP contribution in [0.15, 0.2) is 102 Å². The monoisotopic (exact) mass is 437 g/mol. The summed E-state index contributed by atoms with van der Waals surface area (Å²) < 4.78 is 0.785. The standard InChI is InChI=1S/C25H16BrN3/c26-25-10-5-9-22(29-25)24-16-20(15-23(28-24)21-8-3-4-13-27-21)19-12-11-17-6-1-2-7-18(17)14-19/h1-16H. The van der Waals surface area contributed by atoms with E-state index in [-0.39, 0.29) is 0 Å². The minimum Gasteiger partial charge on any atom is -0.255 e. The fraction of sp³-hybridized carbons (Fsp3) is 0. The van der Waals surface area contributed by atoms with E-state index in [9.17, 15) is 0 Å². The van der Waals surface area contributed by atoms with Crippen molar-refractivity contribution in [1.82, 2.24) is 15.0 Å². The zero-order valence-electron chi connectivity index (χ0n) is 15.5. The second-order valence-electron chi connectivity index (χ2n) is 6.75. The van der Waals surface area contributed by atoms with Crippen molar-refractivity contribution in [1.29, 1.82) is 0 Å². The van der Waals surface area contributed by atoms with Crippen molar-refractivity contribution in [3.05, 3.63) is 102 Å². The highest BCUT2D eigenvalue weighted by Gasteiger charge is 2.11. The Balaban J connectivity index is 1.72. The molecule has 0 aliphatic heterocycles. The third kappa shape index (κ3) is 3.67. The fourth-order valence-corrected chi connectivity index (χ4v) is 3.74. The first-order chi connectivity index (χ1) is 14.3. The molecular weight excluding hydrogens is 422 g/mol. The smallest absolute Gasteiger partial charge is 0.106 e. The summed E-state index contributed by atoms with van der Waals surface area (Å²) in [6.45, 7) is 0. The number of hydrogen-bond acceptors (Lipinski definition) is 3. The van der Waals surface area contributed by atoms with E-state index < -0.39 is 0 Å². The van der Waals surface area contributed by atoms with E-state index in [0.29, 0.717) is 0 Å². The summed E-state index contributed by atoms with van der Waals surface area (Å²) in [4.78, 5) is 13.9. The van der Waals surface area contributed by atoms with Gasteiger partial charge in [-0.05, 0) is 80.3 Å². The minimum absolute atomic E-state index is 0.785. The van der Waals surface area contributed by atoms with Crippen LogP contribution in [0.1, 0.15) is 0 Å². The Morgan fingerprint density at radius 2 is 1.28 bits per heavy atom. The van der Waals surface area contributed by atoms with Gasteiger partial charge >= 0.3 is 0 Å². The van der Waals surface area contributed by atoms with Gasteiger partial charge in [0.05, 0.1) is 22.8 Å². The molecule has 3 heterocycles. The number of halogens is 1. The van der Waals surface area contributed by atoms with Crippen molar-refractivity contribution < 1.29 is 0 Å². The maximum absolute atomic E-state index is 4.86. The van der Waals surface area contributed by atoms with Gasteiger partial charge in [0.25, 0.3) is 0 Å². The Bertz CT molecular complexity index is 1320. The highest BCUT2D eigenvalue weighted by molar-refractivity contribution is 9.10. The van der Waals surface area contributed by atoms with Gasteiger partial charge in [0.15, 0.2) is 0 Å². The van der Waals surface area contributed by atoms with E-state index in [1.807, 2.05) is 36.4 Å². The van der Waals surface area contributed by atoms with Crippen LogP contribution >= 0.6 is 15.9 Å². The van der Waals surface area contributed by atoms with Gasteiger partial charge < -0.3 is 0 Å².